The maximum atomic E-state index is 4.98. The number of hydrogen-bond donors (Lipinski definition) is 1. The van der Waals surface area contributed by atoms with E-state index in [4.69, 9.17) is 4.99 Å². The fraction of sp³-hybridized carbons (Fsp3) is 0.650. The first-order valence-corrected chi connectivity index (χ1v) is 10.1. The van der Waals surface area contributed by atoms with E-state index in [1.807, 2.05) is 35.9 Å². The van der Waals surface area contributed by atoms with Gasteiger partial charge in [0.25, 0.3) is 0 Å². The van der Waals surface area contributed by atoms with Crippen LogP contribution in [0.1, 0.15) is 30.5 Å². The number of nitrogens with one attached hydrogen (secondary N) is 1. The van der Waals surface area contributed by atoms with E-state index in [1.54, 1.807) is 0 Å². The smallest absolute Gasteiger partial charge is 0.193 e. The molecule has 0 saturated carbocycles. The van der Waals surface area contributed by atoms with Crippen molar-refractivity contribution >= 4 is 5.96 Å². The molecule has 1 aliphatic rings. The molecule has 28 heavy (non-hydrogen) atoms. The van der Waals surface area contributed by atoms with Gasteiger partial charge in [-0.1, -0.05) is 0 Å². The average Bonchev–Trinajstić information content (AvgIpc) is 3.37. The third kappa shape index (κ3) is 5.13. The Kier molecular flexibility index (Phi) is 6.72. The predicted octanol–water partition coefficient (Wildman–Crippen LogP) is 1.29. The minimum absolute atomic E-state index is 0.219. The normalized spacial score (nSPS) is 18.9. The second kappa shape index (κ2) is 9.23. The Morgan fingerprint density at radius 3 is 2.61 bits per heavy atom. The van der Waals surface area contributed by atoms with E-state index in [0.29, 0.717) is 12.5 Å². The van der Waals surface area contributed by atoms with E-state index < -0.39 is 0 Å². The lowest BCUT2D eigenvalue weighted by atomic mass is 10.0. The van der Waals surface area contributed by atoms with E-state index in [0.717, 1.165) is 32.0 Å². The zero-order valence-electron chi connectivity index (χ0n) is 17.8. The minimum atomic E-state index is 0.219. The highest BCUT2D eigenvalue weighted by molar-refractivity contribution is 5.80. The largest absolute Gasteiger partial charge is 0.357 e. The summed E-state index contributed by atoms with van der Waals surface area (Å²) in [5, 5.41) is 12.1. The van der Waals surface area contributed by atoms with Crippen LogP contribution >= 0.6 is 0 Å². The van der Waals surface area contributed by atoms with Crippen molar-refractivity contribution < 1.29 is 0 Å². The zero-order valence-corrected chi connectivity index (χ0v) is 17.8. The highest BCUT2D eigenvalue weighted by Crippen LogP contribution is 2.22. The molecule has 8 heteroatoms. The first-order chi connectivity index (χ1) is 13.5. The SMILES string of the molecule is CCNC(=NCC(c1cnn(C)c1)N(C)C)N1CCC(Cc2cnn(C)c2)C1. The standard InChI is InChI=1S/C20H34N8/c1-6-21-20(22-12-19(25(2)3)18-11-24-27(5)15-18)28-8-7-16(14-28)9-17-10-23-26(4)13-17/h10-11,13,15-16,19H,6-9,12,14H2,1-5H3,(H,21,22). The van der Waals surface area contributed by atoms with Crippen molar-refractivity contribution in [3.8, 4) is 0 Å². The fourth-order valence-corrected chi connectivity index (χ4v) is 3.88. The molecule has 2 atom stereocenters. The molecule has 0 amide bonds. The van der Waals surface area contributed by atoms with Crippen LogP contribution in [0.3, 0.4) is 0 Å². The Morgan fingerprint density at radius 1 is 1.25 bits per heavy atom. The number of rotatable bonds is 7. The van der Waals surface area contributed by atoms with Crippen LogP contribution in [0.25, 0.3) is 0 Å². The van der Waals surface area contributed by atoms with Crippen molar-refractivity contribution in [3.63, 3.8) is 0 Å². The Morgan fingerprint density at radius 2 is 2.00 bits per heavy atom. The molecule has 8 nitrogen and oxygen atoms in total. The summed E-state index contributed by atoms with van der Waals surface area (Å²) >= 11 is 0. The fourth-order valence-electron chi connectivity index (χ4n) is 3.88. The van der Waals surface area contributed by atoms with Gasteiger partial charge in [0.05, 0.1) is 25.0 Å². The van der Waals surface area contributed by atoms with Crippen molar-refractivity contribution in [1.29, 1.82) is 0 Å². The van der Waals surface area contributed by atoms with Gasteiger partial charge in [-0.15, -0.1) is 0 Å². The van der Waals surface area contributed by atoms with Crippen LogP contribution in [-0.2, 0) is 20.5 Å². The van der Waals surface area contributed by atoms with Gasteiger partial charge in [-0.2, -0.15) is 10.2 Å². The molecular formula is C20H34N8. The molecule has 0 aliphatic carbocycles. The molecule has 1 aliphatic heterocycles. The molecule has 154 valence electrons. The molecule has 0 bridgehead atoms. The maximum absolute atomic E-state index is 4.98. The first-order valence-electron chi connectivity index (χ1n) is 10.1. The molecule has 3 heterocycles. The van der Waals surface area contributed by atoms with Gasteiger partial charge in [0, 0.05) is 51.7 Å². The lowest BCUT2D eigenvalue weighted by Crippen LogP contribution is -2.40. The molecule has 1 fully saturated rings. The number of hydrogen-bond acceptors (Lipinski definition) is 4. The van der Waals surface area contributed by atoms with E-state index in [2.05, 4.69) is 58.7 Å². The Hall–Kier alpha value is -2.35. The summed E-state index contributed by atoms with van der Waals surface area (Å²) in [6.07, 6.45) is 10.4. The lowest BCUT2D eigenvalue weighted by Gasteiger charge is -2.25. The van der Waals surface area contributed by atoms with Gasteiger partial charge >= 0.3 is 0 Å². The third-order valence-electron chi connectivity index (χ3n) is 5.35. The van der Waals surface area contributed by atoms with Crippen molar-refractivity contribution in [2.75, 3.05) is 40.3 Å². The predicted molar refractivity (Wildman–Crippen MR) is 112 cm³/mol. The number of aromatic nitrogens is 4. The van der Waals surface area contributed by atoms with Crippen LogP contribution in [0.2, 0.25) is 0 Å². The van der Waals surface area contributed by atoms with Crippen LogP contribution in [0.4, 0.5) is 0 Å². The molecule has 1 N–H and O–H groups in total. The molecule has 0 aromatic carbocycles. The third-order valence-corrected chi connectivity index (χ3v) is 5.35. The van der Waals surface area contributed by atoms with Crippen molar-refractivity contribution in [2.24, 2.45) is 25.0 Å². The summed E-state index contributed by atoms with van der Waals surface area (Å²) in [5.74, 6) is 1.67. The number of likely N-dealkylation sites (N-methyl/N-ethyl adjacent to an activating group) is 1. The average molecular weight is 387 g/mol. The van der Waals surface area contributed by atoms with Gasteiger partial charge in [-0.3, -0.25) is 14.4 Å². The Balaban J connectivity index is 1.64. The summed E-state index contributed by atoms with van der Waals surface area (Å²) in [6, 6.07) is 0.219. The van der Waals surface area contributed by atoms with Crippen LogP contribution in [-0.4, -0.2) is 75.6 Å². The molecule has 3 rings (SSSR count). The molecule has 2 aromatic heterocycles. The van der Waals surface area contributed by atoms with Crippen molar-refractivity contribution in [2.45, 2.75) is 25.8 Å². The van der Waals surface area contributed by atoms with Crippen LogP contribution in [0, 0.1) is 5.92 Å². The Bertz CT molecular complexity index is 775. The zero-order chi connectivity index (χ0) is 20.1. The first kappa shape index (κ1) is 20.4. The van der Waals surface area contributed by atoms with Crippen LogP contribution in [0.15, 0.2) is 29.8 Å². The highest BCUT2D eigenvalue weighted by atomic mass is 15.3. The van der Waals surface area contributed by atoms with Crippen LogP contribution < -0.4 is 5.32 Å². The van der Waals surface area contributed by atoms with Gasteiger partial charge in [-0.25, -0.2) is 0 Å². The molecule has 1 saturated heterocycles. The number of guanidine groups is 1. The summed E-state index contributed by atoms with van der Waals surface area (Å²) in [5.41, 5.74) is 2.52. The molecular weight excluding hydrogens is 352 g/mol. The number of aliphatic imine (C=N–C) groups is 1. The summed E-state index contributed by atoms with van der Waals surface area (Å²) in [6.45, 7) is 5.81. The highest BCUT2D eigenvalue weighted by Gasteiger charge is 2.26. The second-order valence-electron chi connectivity index (χ2n) is 7.95. The topological polar surface area (TPSA) is 66.5 Å². The summed E-state index contributed by atoms with van der Waals surface area (Å²) in [7, 11) is 8.12. The monoisotopic (exact) mass is 386 g/mol. The van der Waals surface area contributed by atoms with E-state index in [1.165, 1.54) is 17.5 Å². The second-order valence-corrected chi connectivity index (χ2v) is 7.95. The van der Waals surface area contributed by atoms with Crippen molar-refractivity contribution in [3.05, 3.63) is 35.9 Å². The minimum Gasteiger partial charge on any atom is -0.357 e. The van der Waals surface area contributed by atoms with Gasteiger partial charge in [0.1, 0.15) is 0 Å². The van der Waals surface area contributed by atoms with Gasteiger partial charge in [0.2, 0.25) is 0 Å². The van der Waals surface area contributed by atoms with E-state index >= 15 is 0 Å². The molecule has 2 unspecified atom stereocenters. The number of aryl methyl sites for hydroxylation is 2. The van der Waals surface area contributed by atoms with Gasteiger partial charge < -0.3 is 15.1 Å². The molecule has 0 radical (unpaired) electrons. The van der Waals surface area contributed by atoms with E-state index in [-0.39, 0.29) is 6.04 Å². The molecule has 0 spiro atoms. The quantitative estimate of drug-likeness (QED) is 0.574. The summed E-state index contributed by atoms with van der Waals surface area (Å²) in [4.78, 5) is 9.60. The lowest BCUT2D eigenvalue weighted by molar-refractivity contribution is 0.305. The van der Waals surface area contributed by atoms with Crippen LogP contribution in [0.5, 0.6) is 0 Å². The van der Waals surface area contributed by atoms with Gasteiger partial charge in [-0.05, 0) is 45.3 Å². The van der Waals surface area contributed by atoms with Crippen molar-refractivity contribution in [1.82, 2.24) is 34.7 Å². The number of likely N-dealkylation sites (tertiary alicyclic amines) is 1. The number of nitrogens with zero attached hydrogens (tertiary/aromatic N) is 7. The molecule has 2 aromatic rings. The van der Waals surface area contributed by atoms with Gasteiger partial charge in [0.15, 0.2) is 5.96 Å². The maximum Gasteiger partial charge on any atom is 0.193 e. The Labute approximate surface area is 168 Å². The van der Waals surface area contributed by atoms with E-state index in [9.17, 15) is 0 Å². The summed E-state index contributed by atoms with van der Waals surface area (Å²) < 4.78 is 3.73.